The number of nitrogens with zero attached hydrogens (tertiary/aromatic N) is 2. The maximum atomic E-state index is 13.9. The lowest BCUT2D eigenvalue weighted by Gasteiger charge is -2.42. The van der Waals surface area contributed by atoms with Crippen molar-refractivity contribution in [2.24, 2.45) is 5.41 Å². The van der Waals surface area contributed by atoms with E-state index in [1.165, 1.54) is 16.4 Å². The quantitative estimate of drug-likeness (QED) is 0.351. The second-order valence-corrected chi connectivity index (χ2v) is 12.7. The highest BCUT2D eigenvalue weighted by Crippen LogP contribution is 2.41. The van der Waals surface area contributed by atoms with Crippen LogP contribution < -0.4 is 14.2 Å². The van der Waals surface area contributed by atoms with E-state index in [9.17, 15) is 13.2 Å². The monoisotopic (exact) mass is 584 g/mol. The number of para-hydroxylation sites is 1. The Kier molecular flexibility index (Phi) is 8.54. The number of piperidine rings is 1. The van der Waals surface area contributed by atoms with Crippen molar-refractivity contribution in [2.75, 3.05) is 40.0 Å². The maximum absolute atomic E-state index is 13.9. The van der Waals surface area contributed by atoms with Crippen molar-refractivity contribution < 1.29 is 27.4 Å². The first-order valence-electron chi connectivity index (χ1n) is 13.3. The van der Waals surface area contributed by atoms with Crippen LogP contribution >= 0.6 is 11.6 Å². The maximum Gasteiger partial charge on any atom is 0.244 e. The fraction of sp³-hybridized carbons (Fsp3) is 0.367. The third-order valence-corrected chi connectivity index (χ3v) is 9.65. The molecule has 40 heavy (non-hydrogen) atoms. The molecule has 0 N–H and O–H groups in total. The number of sulfonamides is 1. The molecule has 2 aliphatic rings. The molecule has 0 bridgehead atoms. The molecule has 1 atom stereocenters. The molecular weight excluding hydrogens is 552 g/mol. The summed E-state index contributed by atoms with van der Waals surface area (Å²) >= 11 is 6.45. The normalized spacial score (nSPS) is 19.1. The van der Waals surface area contributed by atoms with Gasteiger partial charge in [-0.05, 0) is 30.5 Å². The van der Waals surface area contributed by atoms with Gasteiger partial charge in [0.05, 0.1) is 11.6 Å². The van der Waals surface area contributed by atoms with Gasteiger partial charge in [-0.15, -0.1) is 0 Å². The van der Waals surface area contributed by atoms with Gasteiger partial charge in [0.1, 0.15) is 23.9 Å². The molecule has 1 amide bonds. The fourth-order valence-electron chi connectivity index (χ4n) is 5.22. The van der Waals surface area contributed by atoms with Crippen molar-refractivity contribution >= 4 is 27.5 Å². The average Bonchev–Trinajstić information content (AvgIpc) is 2.97. The zero-order chi connectivity index (χ0) is 28.2. The lowest BCUT2D eigenvalue weighted by molar-refractivity contribution is -0.134. The van der Waals surface area contributed by atoms with Crippen molar-refractivity contribution in [2.45, 2.75) is 30.7 Å². The minimum absolute atomic E-state index is 0.0364. The Labute approximate surface area is 240 Å². The molecule has 0 aromatic heterocycles. The van der Waals surface area contributed by atoms with Gasteiger partial charge in [0.2, 0.25) is 15.9 Å². The summed E-state index contributed by atoms with van der Waals surface area (Å²) in [6, 6.07) is 22.0. The molecule has 10 heteroatoms. The van der Waals surface area contributed by atoms with Gasteiger partial charge >= 0.3 is 0 Å². The van der Waals surface area contributed by atoms with Gasteiger partial charge < -0.3 is 19.1 Å². The van der Waals surface area contributed by atoms with Gasteiger partial charge in [0.15, 0.2) is 11.5 Å². The minimum atomic E-state index is -4.00. The van der Waals surface area contributed by atoms with Crippen molar-refractivity contribution in [1.82, 2.24) is 9.21 Å². The summed E-state index contributed by atoms with van der Waals surface area (Å²) in [6.07, 6.45) is 1.37. The summed E-state index contributed by atoms with van der Waals surface area (Å²) in [5.41, 5.74) is 0.290. The summed E-state index contributed by atoms with van der Waals surface area (Å²) in [5.74, 6) is 1.37. The topological polar surface area (TPSA) is 85.4 Å². The highest BCUT2D eigenvalue weighted by molar-refractivity contribution is 7.89. The van der Waals surface area contributed by atoms with Crippen LogP contribution in [0.1, 0.15) is 24.8 Å². The minimum Gasteiger partial charge on any atom is -0.493 e. The number of rotatable bonds is 9. The van der Waals surface area contributed by atoms with Crippen LogP contribution in [0.15, 0.2) is 77.7 Å². The lowest BCUT2D eigenvalue weighted by atomic mass is 9.78. The van der Waals surface area contributed by atoms with Crippen LogP contribution in [0.2, 0.25) is 5.02 Å². The summed E-state index contributed by atoms with van der Waals surface area (Å²) in [6.45, 7) is 1.80. The molecule has 0 spiro atoms. The number of ether oxygens (including phenoxy) is 3. The molecule has 5 rings (SSSR count). The molecule has 8 nitrogen and oxygen atoms in total. The third-order valence-electron chi connectivity index (χ3n) is 7.34. The SMILES string of the molecule is CN(Cc1ccccc1)C(=O)CC1(COc2ccccc2)CCCN(S(=O)(=O)c2cc3c(cc2Cl)OCCO3)C1. The van der Waals surface area contributed by atoms with Crippen LogP contribution in [-0.4, -0.2) is 63.5 Å². The van der Waals surface area contributed by atoms with E-state index in [1.807, 2.05) is 60.7 Å². The van der Waals surface area contributed by atoms with E-state index >= 15 is 0 Å². The highest BCUT2D eigenvalue weighted by Gasteiger charge is 2.43. The number of fused-ring (bicyclic) bond motifs is 1. The lowest BCUT2D eigenvalue weighted by Crippen LogP contribution is -2.50. The van der Waals surface area contributed by atoms with Crippen LogP contribution in [0.25, 0.3) is 0 Å². The fourth-order valence-corrected chi connectivity index (χ4v) is 7.32. The molecule has 1 unspecified atom stereocenters. The predicted octanol–water partition coefficient (Wildman–Crippen LogP) is 5.01. The van der Waals surface area contributed by atoms with E-state index in [0.29, 0.717) is 56.4 Å². The van der Waals surface area contributed by atoms with Crippen LogP contribution in [0.4, 0.5) is 0 Å². The van der Waals surface area contributed by atoms with E-state index in [2.05, 4.69) is 0 Å². The van der Waals surface area contributed by atoms with Gasteiger partial charge in [-0.3, -0.25) is 4.79 Å². The van der Waals surface area contributed by atoms with Crippen LogP contribution in [0.5, 0.6) is 17.2 Å². The van der Waals surface area contributed by atoms with E-state index in [4.69, 9.17) is 25.8 Å². The Hall–Kier alpha value is -3.27. The summed E-state index contributed by atoms with van der Waals surface area (Å²) in [7, 11) is -2.23. The van der Waals surface area contributed by atoms with Gasteiger partial charge in [-0.2, -0.15) is 4.31 Å². The largest absolute Gasteiger partial charge is 0.493 e. The number of amides is 1. The number of hydrogen-bond donors (Lipinski definition) is 0. The number of hydrogen-bond acceptors (Lipinski definition) is 6. The summed E-state index contributed by atoms with van der Waals surface area (Å²) in [4.78, 5) is 15.2. The molecule has 0 radical (unpaired) electrons. The van der Waals surface area contributed by atoms with E-state index < -0.39 is 15.4 Å². The molecule has 0 saturated carbocycles. The average molecular weight is 585 g/mol. The van der Waals surface area contributed by atoms with Crippen molar-refractivity contribution in [1.29, 1.82) is 0 Å². The Morgan fingerprint density at radius 2 is 1.68 bits per heavy atom. The molecule has 1 fully saturated rings. The third kappa shape index (κ3) is 6.37. The van der Waals surface area contributed by atoms with Crippen LogP contribution in [0, 0.1) is 5.41 Å². The zero-order valence-electron chi connectivity index (χ0n) is 22.4. The standard InChI is InChI=1S/C30H33ClN2O6S/c1-32(20-23-9-4-2-5-10-23)29(34)19-30(22-39-24-11-6-3-7-12-24)13-8-14-33(21-30)40(35,36)28-18-27-26(17-25(28)31)37-15-16-38-27/h2-7,9-12,17-18H,8,13-16,19-22H2,1H3. The zero-order valence-corrected chi connectivity index (χ0v) is 24.0. The second kappa shape index (κ2) is 12.1. The smallest absolute Gasteiger partial charge is 0.244 e. The van der Waals surface area contributed by atoms with E-state index in [1.54, 1.807) is 11.9 Å². The number of benzene rings is 3. The highest BCUT2D eigenvalue weighted by atomic mass is 35.5. The summed E-state index contributed by atoms with van der Waals surface area (Å²) in [5, 5.41) is 0.0691. The van der Waals surface area contributed by atoms with Gasteiger partial charge in [0.25, 0.3) is 0 Å². The second-order valence-electron chi connectivity index (χ2n) is 10.4. The Balaban J connectivity index is 1.40. The van der Waals surface area contributed by atoms with Gasteiger partial charge in [-0.1, -0.05) is 60.1 Å². The Bertz CT molecular complexity index is 1440. The van der Waals surface area contributed by atoms with Gasteiger partial charge in [0, 0.05) is 50.7 Å². The van der Waals surface area contributed by atoms with Crippen molar-refractivity contribution in [3.05, 3.63) is 83.4 Å². The molecule has 1 saturated heterocycles. The van der Waals surface area contributed by atoms with Crippen LogP contribution in [-0.2, 0) is 21.4 Å². The van der Waals surface area contributed by atoms with Crippen molar-refractivity contribution in [3.63, 3.8) is 0 Å². The van der Waals surface area contributed by atoms with Crippen LogP contribution in [0.3, 0.4) is 0 Å². The predicted molar refractivity (Wildman–Crippen MR) is 152 cm³/mol. The number of carbonyl (C=O) groups excluding carboxylic acids is 1. The molecule has 2 aliphatic heterocycles. The number of halogens is 1. The first-order valence-corrected chi connectivity index (χ1v) is 15.1. The Morgan fingerprint density at radius 1 is 1.02 bits per heavy atom. The molecule has 3 aromatic rings. The molecule has 0 aliphatic carbocycles. The van der Waals surface area contributed by atoms with E-state index in [0.717, 1.165) is 5.56 Å². The number of carbonyl (C=O) groups is 1. The summed E-state index contributed by atoms with van der Waals surface area (Å²) < 4.78 is 46.6. The molecule has 212 valence electrons. The molecule has 2 heterocycles. The Morgan fingerprint density at radius 3 is 2.38 bits per heavy atom. The first-order chi connectivity index (χ1) is 19.3. The van der Waals surface area contributed by atoms with Crippen molar-refractivity contribution in [3.8, 4) is 17.2 Å². The van der Waals surface area contributed by atoms with E-state index in [-0.39, 0.29) is 35.4 Å². The molecular formula is C30H33ClN2O6S. The first kappa shape index (κ1) is 28.3. The van der Waals surface area contributed by atoms with Gasteiger partial charge in [-0.25, -0.2) is 8.42 Å². The molecule has 3 aromatic carbocycles.